The van der Waals surface area contributed by atoms with Gasteiger partial charge < -0.3 is 0 Å². The molecule has 0 aromatic carbocycles. The number of carbonyl (C=O) groups is 1. The lowest BCUT2D eigenvalue weighted by Crippen LogP contribution is -2.43. The van der Waals surface area contributed by atoms with E-state index >= 15 is 0 Å². The second kappa shape index (κ2) is 3.56. The van der Waals surface area contributed by atoms with Crippen molar-refractivity contribution < 1.29 is 9.36 Å². The summed E-state index contributed by atoms with van der Waals surface area (Å²) in [5, 5.41) is 0. The van der Waals surface area contributed by atoms with E-state index in [1.807, 2.05) is 40.1 Å². The van der Waals surface area contributed by atoms with Gasteiger partial charge in [0, 0.05) is 25.1 Å². The third-order valence-electron chi connectivity index (χ3n) is 2.28. The highest BCUT2D eigenvalue weighted by molar-refractivity contribution is 5.77. The molecule has 0 unspecified atom stereocenters. The summed E-state index contributed by atoms with van der Waals surface area (Å²) in [5.41, 5.74) is 0. The first-order valence-electron chi connectivity index (χ1n) is 4.58. The molecule has 1 amide bonds. The number of hydrogen-bond acceptors (Lipinski definition) is 1. The molecule has 68 valence electrons. The fraction of sp³-hybridized carbons (Fsp3) is 0.400. The molecule has 2 heterocycles. The van der Waals surface area contributed by atoms with Gasteiger partial charge in [0.2, 0.25) is 12.6 Å². The summed E-state index contributed by atoms with van der Waals surface area (Å²) in [6.45, 7) is 1.60. The molecule has 0 bridgehead atoms. The van der Waals surface area contributed by atoms with E-state index in [2.05, 4.69) is 0 Å². The summed E-state index contributed by atoms with van der Waals surface area (Å²) in [6.07, 6.45) is 5.68. The molecule has 1 aromatic heterocycles. The van der Waals surface area contributed by atoms with E-state index in [-0.39, 0.29) is 5.91 Å². The summed E-state index contributed by atoms with van der Waals surface area (Å²) in [7, 11) is 0. The number of aromatic nitrogens is 1. The van der Waals surface area contributed by atoms with E-state index in [9.17, 15) is 4.79 Å². The zero-order valence-corrected chi connectivity index (χ0v) is 7.52. The first-order chi connectivity index (χ1) is 6.36. The molecule has 2 rings (SSSR count). The van der Waals surface area contributed by atoms with Crippen LogP contribution < -0.4 is 4.57 Å². The first-order valence-corrected chi connectivity index (χ1v) is 4.58. The first kappa shape index (κ1) is 8.23. The van der Waals surface area contributed by atoms with E-state index in [1.54, 1.807) is 0 Å². The SMILES string of the molecule is O=C1CCCN1C[n+]1ccccc1. The average Bonchev–Trinajstić information content (AvgIpc) is 2.54. The van der Waals surface area contributed by atoms with Crippen molar-refractivity contribution in [2.24, 2.45) is 0 Å². The van der Waals surface area contributed by atoms with Gasteiger partial charge in [0.1, 0.15) is 0 Å². The van der Waals surface area contributed by atoms with E-state index in [1.165, 1.54) is 0 Å². The van der Waals surface area contributed by atoms with Crippen molar-refractivity contribution in [3.63, 3.8) is 0 Å². The Hall–Kier alpha value is -1.38. The fourth-order valence-electron chi connectivity index (χ4n) is 1.58. The standard InChI is InChI=1S/C10H13N2O/c13-10-5-4-8-12(10)9-11-6-2-1-3-7-11/h1-3,6-7H,4-5,8-9H2/q+1. The smallest absolute Gasteiger partial charge is 0.227 e. The topological polar surface area (TPSA) is 24.2 Å². The number of carbonyl (C=O) groups excluding carboxylic acids is 1. The van der Waals surface area contributed by atoms with E-state index < -0.39 is 0 Å². The maximum atomic E-state index is 11.3. The van der Waals surface area contributed by atoms with Gasteiger partial charge in [-0.05, 0) is 6.42 Å². The molecule has 1 aliphatic rings. The highest BCUT2D eigenvalue weighted by Gasteiger charge is 2.22. The number of amides is 1. The third kappa shape index (κ3) is 1.86. The minimum absolute atomic E-state index is 0.274. The molecule has 13 heavy (non-hydrogen) atoms. The Kier molecular flexibility index (Phi) is 2.25. The summed E-state index contributed by atoms with van der Waals surface area (Å²) in [5.74, 6) is 0.274. The quantitative estimate of drug-likeness (QED) is 0.605. The van der Waals surface area contributed by atoms with Crippen LogP contribution in [-0.4, -0.2) is 17.4 Å². The largest absolute Gasteiger partial charge is 0.287 e. The lowest BCUT2D eigenvalue weighted by molar-refractivity contribution is -0.712. The minimum Gasteiger partial charge on any atom is -0.287 e. The van der Waals surface area contributed by atoms with Crippen molar-refractivity contribution in [1.29, 1.82) is 0 Å². The third-order valence-corrected chi connectivity index (χ3v) is 2.28. The van der Waals surface area contributed by atoms with Crippen LogP contribution in [0, 0.1) is 0 Å². The zero-order valence-electron chi connectivity index (χ0n) is 7.52. The van der Waals surface area contributed by atoms with Crippen molar-refractivity contribution in [1.82, 2.24) is 4.90 Å². The monoisotopic (exact) mass is 177 g/mol. The van der Waals surface area contributed by atoms with E-state index in [0.29, 0.717) is 13.1 Å². The Labute approximate surface area is 77.6 Å². The van der Waals surface area contributed by atoms with Crippen LogP contribution in [0.4, 0.5) is 0 Å². The van der Waals surface area contributed by atoms with Gasteiger partial charge in [-0.2, -0.15) is 4.57 Å². The molecule has 0 atom stereocenters. The molecule has 0 aliphatic carbocycles. The van der Waals surface area contributed by atoms with Crippen LogP contribution in [0.2, 0.25) is 0 Å². The van der Waals surface area contributed by atoms with Crippen LogP contribution in [0.1, 0.15) is 12.8 Å². The normalized spacial score (nSPS) is 16.6. The van der Waals surface area contributed by atoms with Crippen molar-refractivity contribution in [2.45, 2.75) is 19.5 Å². The average molecular weight is 177 g/mol. The molecular formula is C10H13N2O+. The molecule has 3 heteroatoms. The highest BCUT2D eigenvalue weighted by Crippen LogP contribution is 2.08. The number of likely N-dealkylation sites (tertiary alicyclic amines) is 1. The Balaban J connectivity index is 2.02. The van der Waals surface area contributed by atoms with Gasteiger partial charge in [-0.25, -0.2) is 0 Å². The number of rotatable bonds is 2. The number of pyridine rings is 1. The van der Waals surface area contributed by atoms with Gasteiger partial charge in [-0.1, -0.05) is 6.07 Å². The van der Waals surface area contributed by atoms with Crippen molar-refractivity contribution in [3.05, 3.63) is 30.6 Å². The maximum absolute atomic E-state index is 11.3. The lowest BCUT2D eigenvalue weighted by Gasteiger charge is -2.10. The van der Waals surface area contributed by atoms with Crippen LogP contribution in [0.3, 0.4) is 0 Å². The lowest BCUT2D eigenvalue weighted by atomic mass is 10.4. The van der Waals surface area contributed by atoms with Gasteiger partial charge in [0.15, 0.2) is 12.4 Å². The molecule has 3 nitrogen and oxygen atoms in total. The van der Waals surface area contributed by atoms with Gasteiger partial charge in [-0.3, -0.25) is 9.69 Å². The van der Waals surface area contributed by atoms with E-state index in [4.69, 9.17) is 0 Å². The highest BCUT2D eigenvalue weighted by atomic mass is 16.2. The predicted molar refractivity (Wildman–Crippen MR) is 47.6 cm³/mol. The maximum Gasteiger partial charge on any atom is 0.227 e. The van der Waals surface area contributed by atoms with Gasteiger partial charge >= 0.3 is 0 Å². The second-order valence-electron chi connectivity index (χ2n) is 3.29. The van der Waals surface area contributed by atoms with Crippen molar-refractivity contribution in [2.75, 3.05) is 6.54 Å². The Morgan fingerprint density at radius 1 is 1.31 bits per heavy atom. The van der Waals surface area contributed by atoms with Crippen LogP contribution >= 0.6 is 0 Å². The summed E-state index contributed by atoms with van der Waals surface area (Å²) in [6, 6.07) is 5.92. The van der Waals surface area contributed by atoms with Crippen LogP contribution in [0.15, 0.2) is 30.6 Å². The molecule has 0 saturated carbocycles. The Bertz CT molecular complexity index is 297. The number of hydrogen-bond donors (Lipinski definition) is 0. The van der Waals surface area contributed by atoms with Gasteiger partial charge in [-0.15, -0.1) is 0 Å². The summed E-state index contributed by atoms with van der Waals surface area (Å²) in [4.78, 5) is 13.2. The summed E-state index contributed by atoms with van der Waals surface area (Å²) < 4.78 is 2.02. The van der Waals surface area contributed by atoms with E-state index in [0.717, 1.165) is 13.0 Å². The molecule has 0 radical (unpaired) electrons. The molecule has 1 saturated heterocycles. The van der Waals surface area contributed by atoms with Gasteiger partial charge in [0.05, 0.1) is 0 Å². The fourth-order valence-corrected chi connectivity index (χ4v) is 1.58. The number of nitrogens with zero attached hydrogens (tertiary/aromatic N) is 2. The molecule has 1 fully saturated rings. The van der Waals surface area contributed by atoms with Crippen LogP contribution in [0.25, 0.3) is 0 Å². The summed E-state index contributed by atoms with van der Waals surface area (Å²) >= 11 is 0. The Morgan fingerprint density at radius 2 is 2.08 bits per heavy atom. The van der Waals surface area contributed by atoms with Crippen molar-refractivity contribution in [3.8, 4) is 0 Å². The molecule has 0 N–H and O–H groups in total. The van der Waals surface area contributed by atoms with Crippen molar-refractivity contribution >= 4 is 5.91 Å². The zero-order chi connectivity index (χ0) is 9.10. The van der Waals surface area contributed by atoms with Gasteiger partial charge in [0.25, 0.3) is 0 Å². The Morgan fingerprint density at radius 3 is 2.69 bits per heavy atom. The minimum atomic E-state index is 0.274. The van der Waals surface area contributed by atoms with Crippen LogP contribution in [-0.2, 0) is 11.5 Å². The second-order valence-corrected chi connectivity index (χ2v) is 3.29. The molecule has 1 aromatic rings. The molecule has 1 aliphatic heterocycles. The molecule has 0 spiro atoms. The predicted octanol–water partition coefficient (Wildman–Crippen LogP) is 0.554. The van der Waals surface area contributed by atoms with Crippen LogP contribution in [0.5, 0.6) is 0 Å². The molecular weight excluding hydrogens is 164 g/mol.